The van der Waals surface area contributed by atoms with Crippen molar-refractivity contribution < 1.29 is 18.0 Å². The number of anilines is 1. The highest BCUT2D eigenvalue weighted by atomic mass is 32.2. The molecule has 7 heteroatoms. The largest absolute Gasteiger partial charge is 0.335 e. The van der Waals surface area contributed by atoms with Gasteiger partial charge in [-0.3, -0.25) is 9.59 Å². The van der Waals surface area contributed by atoms with Crippen molar-refractivity contribution in [1.29, 1.82) is 0 Å². The first-order valence-electron chi connectivity index (χ1n) is 8.82. The number of hydrogen-bond donors (Lipinski definition) is 1. The summed E-state index contributed by atoms with van der Waals surface area (Å²) in [5.74, 6) is 0.176. The molecular weight excluding hydrogens is 340 g/mol. The molecule has 136 valence electrons. The van der Waals surface area contributed by atoms with Crippen molar-refractivity contribution in [3.63, 3.8) is 0 Å². The van der Waals surface area contributed by atoms with Crippen molar-refractivity contribution in [2.45, 2.75) is 38.6 Å². The zero-order valence-corrected chi connectivity index (χ0v) is 15.2. The number of nitrogens with one attached hydrogen (secondary N) is 1. The van der Waals surface area contributed by atoms with Gasteiger partial charge in [-0.2, -0.15) is 0 Å². The van der Waals surface area contributed by atoms with Gasteiger partial charge in [0.15, 0.2) is 9.84 Å². The van der Waals surface area contributed by atoms with Gasteiger partial charge in [-0.15, -0.1) is 0 Å². The van der Waals surface area contributed by atoms with Crippen LogP contribution in [0, 0.1) is 5.92 Å². The van der Waals surface area contributed by atoms with Gasteiger partial charge in [0.25, 0.3) is 5.91 Å². The Morgan fingerprint density at radius 2 is 1.84 bits per heavy atom. The molecule has 1 aromatic rings. The maximum Gasteiger partial charge on any atom is 0.254 e. The highest BCUT2D eigenvalue weighted by molar-refractivity contribution is 7.91. The Hall–Kier alpha value is -1.89. The SMILES string of the molecule is CCN(C(=O)c1ccc(NC(=O)C2CCC2)cc1)C1CCS(=O)(=O)C1. The molecule has 0 aromatic heterocycles. The van der Waals surface area contributed by atoms with Crippen molar-refractivity contribution in [2.24, 2.45) is 5.92 Å². The van der Waals surface area contributed by atoms with Crippen LogP contribution in [0.3, 0.4) is 0 Å². The zero-order valence-electron chi connectivity index (χ0n) is 14.4. The van der Waals surface area contributed by atoms with Crippen LogP contribution in [0.15, 0.2) is 24.3 Å². The van der Waals surface area contributed by atoms with Gasteiger partial charge < -0.3 is 10.2 Å². The van der Waals surface area contributed by atoms with Crippen LogP contribution in [0.25, 0.3) is 0 Å². The number of carbonyl (C=O) groups is 2. The molecule has 1 saturated carbocycles. The lowest BCUT2D eigenvalue weighted by Crippen LogP contribution is -2.40. The highest BCUT2D eigenvalue weighted by Crippen LogP contribution is 2.27. The van der Waals surface area contributed by atoms with Crippen molar-refractivity contribution in [3.05, 3.63) is 29.8 Å². The lowest BCUT2D eigenvalue weighted by Gasteiger charge is -2.27. The van der Waals surface area contributed by atoms with E-state index in [9.17, 15) is 18.0 Å². The second-order valence-electron chi connectivity index (χ2n) is 6.84. The van der Waals surface area contributed by atoms with E-state index in [-0.39, 0.29) is 35.3 Å². The molecule has 0 bridgehead atoms. The van der Waals surface area contributed by atoms with Crippen LogP contribution in [0.4, 0.5) is 5.69 Å². The molecule has 1 aliphatic heterocycles. The Morgan fingerprint density at radius 1 is 1.16 bits per heavy atom. The van der Waals surface area contributed by atoms with E-state index >= 15 is 0 Å². The molecule has 0 radical (unpaired) electrons. The molecule has 1 aromatic carbocycles. The topological polar surface area (TPSA) is 83.6 Å². The monoisotopic (exact) mass is 364 g/mol. The fraction of sp³-hybridized carbons (Fsp3) is 0.556. The van der Waals surface area contributed by atoms with E-state index in [1.165, 1.54) is 0 Å². The molecule has 1 unspecified atom stereocenters. The van der Waals surface area contributed by atoms with E-state index in [1.807, 2.05) is 6.92 Å². The molecule has 2 aliphatic rings. The van der Waals surface area contributed by atoms with Gasteiger partial charge in [0.1, 0.15) is 0 Å². The van der Waals surface area contributed by atoms with E-state index in [0.29, 0.717) is 24.2 Å². The van der Waals surface area contributed by atoms with Gasteiger partial charge in [0, 0.05) is 29.8 Å². The van der Waals surface area contributed by atoms with Crippen LogP contribution >= 0.6 is 0 Å². The Bertz CT molecular complexity index is 754. The number of benzene rings is 1. The third-order valence-electron chi connectivity index (χ3n) is 5.13. The Morgan fingerprint density at radius 3 is 2.32 bits per heavy atom. The molecular formula is C18H24N2O4S. The molecule has 25 heavy (non-hydrogen) atoms. The van der Waals surface area contributed by atoms with E-state index in [4.69, 9.17) is 0 Å². The molecule has 1 aliphatic carbocycles. The standard InChI is InChI=1S/C18H24N2O4S/c1-2-20(16-10-11-25(23,24)12-16)18(22)14-6-8-15(9-7-14)19-17(21)13-4-3-5-13/h6-9,13,16H,2-5,10-12H2,1H3,(H,19,21). The predicted octanol–water partition coefficient (Wildman–Crippen LogP) is 2.07. The lowest BCUT2D eigenvalue weighted by atomic mass is 9.85. The van der Waals surface area contributed by atoms with Crippen LogP contribution in [0.2, 0.25) is 0 Å². The molecule has 1 atom stereocenters. The normalized spacial score (nSPS) is 22.2. The van der Waals surface area contributed by atoms with E-state index < -0.39 is 9.84 Å². The summed E-state index contributed by atoms with van der Waals surface area (Å²) in [6.45, 7) is 2.33. The van der Waals surface area contributed by atoms with Crippen LogP contribution in [0.1, 0.15) is 43.0 Å². The first-order chi connectivity index (χ1) is 11.9. The average Bonchev–Trinajstić information content (AvgIpc) is 2.86. The van der Waals surface area contributed by atoms with Crippen LogP contribution in [-0.4, -0.2) is 49.2 Å². The van der Waals surface area contributed by atoms with Gasteiger partial charge in [-0.1, -0.05) is 6.42 Å². The summed E-state index contributed by atoms with van der Waals surface area (Å²) in [7, 11) is -3.03. The number of hydrogen-bond acceptors (Lipinski definition) is 4. The maximum absolute atomic E-state index is 12.7. The Kier molecular flexibility index (Phi) is 5.13. The van der Waals surface area contributed by atoms with E-state index in [2.05, 4.69) is 5.32 Å². The molecule has 2 amide bonds. The molecule has 3 rings (SSSR count). The molecule has 1 heterocycles. The summed E-state index contributed by atoms with van der Waals surface area (Å²) in [5.41, 5.74) is 1.19. The third-order valence-corrected chi connectivity index (χ3v) is 6.88. The van der Waals surface area contributed by atoms with Gasteiger partial charge in [0.05, 0.1) is 11.5 Å². The van der Waals surface area contributed by atoms with Gasteiger partial charge >= 0.3 is 0 Å². The number of rotatable bonds is 5. The molecule has 2 fully saturated rings. The number of carbonyl (C=O) groups excluding carboxylic acids is 2. The third kappa shape index (κ3) is 4.03. The second kappa shape index (κ2) is 7.15. The Labute approximate surface area is 148 Å². The molecule has 1 N–H and O–H groups in total. The fourth-order valence-corrected chi connectivity index (χ4v) is 5.10. The summed E-state index contributed by atoms with van der Waals surface area (Å²) < 4.78 is 23.3. The quantitative estimate of drug-likeness (QED) is 0.867. The minimum absolute atomic E-state index is 0.0386. The minimum Gasteiger partial charge on any atom is -0.335 e. The van der Waals surface area contributed by atoms with Crippen molar-refractivity contribution in [3.8, 4) is 0 Å². The van der Waals surface area contributed by atoms with E-state index in [1.54, 1.807) is 29.2 Å². The number of nitrogens with zero attached hydrogens (tertiary/aromatic N) is 1. The summed E-state index contributed by atoms with van der Waals surface area (Å²) >= 11 is 0. The van der Waals surface area contributed by atoms with Gasteiger partial charge in [-0.25, -0.2) is 8.42 Å². The van der Waals surface area contributed by atoms with Crippen molar-refractivity contribution in [2.75, 3.05) is 23.4 Å². The first-order valence-corrected chi connectivity index (χ1v) is 10.6. The predicted molar refractivity (Wildman–Crippen MR) is 96.2 cm³/mol. The first kappa shape index (κ1) is 17.9. The summed E-state index contributed by atoms with van der Waals surface area (Å²) in [4.78, 5) is 26.3. The van der Waals surface area contributed by atoms with Crippen molar-refractivity contribution in [1.82, 2.24) is 4.90 Å². The van der Waals surface area contributed by atoms with E-state index in [0.717, 1.165) is 19.3 Å². The average molecular weight is 364 g/mol. The molecule has 1 saturated heterocycles. The van der Waals surface area contributed by atoms with Crippen molar-refractivity contribution >= 4 is 27.3 Å². The summed E-state index contributed by atoms with van der Waals surface area (Å²) in [5, 5.41) is 2.88. The van der Waals surface area contributed by atoms with Crippen LogP contribution < -0.4 is 5.32 Å². The molecule has 0 spiro atoms. The number of sulfone groups is 1. The summed E-state index contributed by atoms with van der Waals surface area (Å²) in [6.07, 6.45) is 3.49. The lowest BCUT2D eigenvalue weighted by molar-refractivity contribution is -0.122. The molecule has 6 nitrogen and oxygen atoms in total. The fourth-order valence-electron chi connectivity index (χ4n) is 3.37. The maximum atomic E-state index is 12.7. The van der Waals surface area contributed by atoms with Crippen LogP contribution in [0.5, 0.6) is 0 Å². The van der Waals surface area contributed by atoms with Gasteiger partial charge in [0.2, 0.25) is 5.91 Å². The van der Waals surface area contributed by atoms with Crippen LogP contribution in [-0.2, 0) is 14.6 Å². The zero-order chi connectivity index (χ0) is 18.0. The van der Waals surface area contributed by atoms with Gasteiger partial charge in [-0.05, 0) is 50.5 Å². The highest BCUT2D eigenvalue weighted by Gasteiger charge is 2.34. The minimum atomic E-state index is -3.03. The Balaban J connectivity index is 1.65. The summed E-state index contributed by atoms with van der Waals surface area (Å²) in [6, 6.07) is 6.57. The second-order valence-corrected chi connectivity index (χ2v) is 9.07. The smallest absolute Gasteiger partial charge is 0.254 e. The number of amides is 2.